The summed E-state index contributed by atoms with van der Waals surface area (Å²) in [5.74, 6) is 0.791. The Labute approximate surface area is 123 Å². The van der Waals surface area contributed by atoms with E-state index in [4.69, 9.17) is 5.73 Å². The van der Waals surface area contributed by atoms with Crippen molar-refractivity contribution in [3.05, 3.63) is 54.1 Å². The van der Waals surface area contributed by atoms with E-state index in [0.29, 0.717) is 12.1 Å². The van der Waals surface area contributed by atoms with Gasteiger partial charge in [-0.25, -0.2) is 0 Å². The van der Waals surface area contributed by atoms with Crippen LogP contribution in [0, 0.1) is 6.92 Å². The van der Waals surface area contributed by atoms with Crippen LogP contribution in [0.2, 0.25) is 0 Å². The van der Waals surface area contributed by atoms with E-state index in [1.165, 1.54) is 10.5 Å². The third kappa shape index (κ3) is 4.63. The van der Waals surface area contributed by atoms with Gasteiger partial charge in [-0.05, 0) is 43.3 Å². The Hall–Kier alpha value is -1.94. The molecule has 0 aromatic heterocycles. The predicted molar refractivity (Wildman–Crippen MR) is 86.0 cm³/mol. The summed E-state index contributed by atoms with van der Waals surface area (Å²) in [6.45, 7) is 2.07. The Bertz CT molecular complexity index is 581. The maximum Gasteiger partial charge on any atom is 0.225 e. The maximum atomic E-state index is 11.8. The molecule has 0 aliphatic rings. The van der Waals surface area contributed by atoms with Crippen molar-refractivity contribution in [2.24, 2.45) is 0 Å². The fourth-order valence-corrected chi connectivity index (χ4v) is 2.72. The quantitative estimate of drug-likeness (QED) is 0.651. The Morgan fingerprint density at radius 3 is 2.65 bits per heavy atom. The molecule has 0 saturated carbocycles. The van der Waals surface area contributed by atoms with Crippen LogP contribution < -0.4 is 11.1 Å². The molecular formula is C16H18N2OS. The first-order valence-electron chi connectivity index (χ1n) is 6.48. The lowest BCUT2D eigenvalue weighted by molar-refractivity contribution is -0.115. The van der Waals surface area contributed by atoms with E-state index in [1.807, 2.05) is 6.07 Å². The lowest BCUT2D eigenvalue weighted by Gasteiger charge is -2.06. The van der Waals surface area contributed by atoms with Gasteiger partial charge in [-0.3, -0.25) is 4.79 Å². The highest BCUT2D eigenvalue weighted by molar-refractivity contribution is 7.99. The molecule has 0 aliphatic carbocycles. The molecular weight excluding hydrogens is 268 g/mol. The number of thioether (sulfide) groups is 1. The molecule has 0 atom stereocenters. The molecule has 1 amide bonds. The second kappa shape index (κ2) is 7.01. The standard InChI is InChI=1S/C16H18N2OS/c1-12-3-2-4-15(11-12)20-10-9-16(19)18-14-7-5-13(17)6-8-14/h2-8,11H,9-10,17H2,1H3,(H,18,19). The number of aryl methyl sites for hydroxylation is 1. The molecule has 0 aliphatic heterocycles. The van der Waals surface area contributed by atoms with Gasteiger partial charge in [-0.2, -0.15) is 0 Å². The molecule has 4 heteroatoms. The topological polar surface area (TPSA) is 55.1 Å². The highest BCUT2D eigenvalue weighted by atomic mass is 32.2. The second-order valence-electron chi connectivity index (χ2n) is 4.59. The van der Waals surface area contributed by atoms with Crippen LogP contribution in [-0.4, -0.2) is 11.7 Å². The van der Waals surface area contributed by atoms with Gasteiger partial charge in [0.1, 0.15) is 0 Å². The van der Waals surface area contributed by atoms with Gasteiger partial charge in [-0.15, -0.1) is 11.8 Å². The van der Waals surface area contributed by atoms with Crippen molar-refractivity contribution in [3.8, 4) is 0 Å². The minimum atomic E-state index is 0.0231. The van der Waals surface area contributed by atoms with Crippen molar-refractivity contribution in [2.75, 3.05) is 16.8 Å². The Morgan fingerprint density at radius 2 is 1.95 bits per heavy atom. The fourth-order valence-electron chi connectivity index (χ4n) is 1.76. The minimum absolute atomic E-state index is 0.0231. The zero-order chi connectivity index (χ0) is 14.4. The smallest absolute Gasteiger partial charge is 0.225 e. The van der Waals surface area contributed by atoms with Gasteiger partial charge in [0.25, 0.3) is 0 Å². The third-order valence-electron chi connectivity index (χ3n) is 2.78. The molecule has 0 radical (unpaired) electrons. The molecule has 0 saturated heterocycles. The fraction of sp³-hybridized carbons (Fsp3) is 0.188. The number of carbonyl (C=O) groups is 1. The van der Waals surface area contributed by atoms with Crippen LogP contribution in [0.15, 0.2) is 53.4 Å². The monoisotopic (exact) mass is 286 g/mol. The number of nitrogens with one attached hydrogen (secondary N) is 1. The number of amides is 1. The van der Waals surface area contributed by atoms with Crippen molar-refractivity contribution in [2.45, 2.75) is 18.2 Å². The minimum Gasteiger partial charge on any atom is -0.399 e. The number of carbonyl (C=O) groups excluding carboxylic acids is 1. The van der Waals surface area contributed by atoms with E-state index in [-0.39, 0.29) is 5.91 Å². The molecule has 2 rings (SSSR count). The number of hydrogen-bond acceptors (Lipinski definition) is 3. The molecule has 104 valence electrons. The van der Waals surface area contributed by atoms with Crippen molar-refractivity contribution < 1.29 is 4.79 Å². The van der Waals surface area contributed by atoms with Gasteiger partial charge in [-0.1, -0.05) is 17.7 Å². The number of rotatable bonds is 5. The summed E-state index contributed by atoms with van der Waals surface area (Å²) >= 11 is 1.70. The first-order valence-corrected chi connectivity index (χ1v) is 7.47. The van der Waals surface area contributed by atoms with Crippen molar-refractivity contribution in [3.63, 3.8) is 0 Å². The Balaban J connectivity index is 1.76. The number of anilines is 2. The van der Waals surface area contributed by atoms with Crippen LogP contribution in [0.5, 0.6) is 0 Å². The summed E-state index contributed by atoms with van der Waals surface area (Å²) in [6.07, 6.45) is 0.489. The summed E-state index contributed by atoms with van der Waals surface area (Å²) in [6, 6.07) is 15.5. The van der Waals surface area contributed by atoms with Gasteiger partial charge in [0.05, 0.1) is 0 Å². The molecule has 0 spiro atoms. The maximum absolute atomic E-state index is 11.8. The first-order chi connectivity index (χ1) is 9.63. The third-order valence-corrected chi connectivity index (χ3v) is 3.78. The van der Waals surface area contributed by atoms with Crippen molar-refractivity contribution in [1.29, 1.82) is 0 Å². The molecule has 3 nitrogen and oxygen atoms in total. The summed E-state index contributed by atoms with van der Waals surface area (Å²) < 4.78 is 0. The summed E-state index contributed by atoms with van der Waals surface area (Å²) in [5.41, 5.74) is 8.31. The Kier molecular flexibility index (Phi) is 5.07. The largest absolute Gasteiger partial charge is 0.399 e. The average Bonchev–Trinajstić information content (AvgIpc) is 2.41. The lowest BCUT2D eigenvalue weighted by atomic mass is 10.2. The van der Waals surface area contributed by atoms with Crippen LogP contribution in [0.1, 0.15) is 12.0 Å². The summed E-state index contributed by atoms with van der Waals surface area (Å²) in [4.78, 5) is 13.0. The molecule has 0 heterocycles. The van der Waals surface area contributed by atoms with E-state index in [9.17, 15) is 4.79 Å². The zero-order valence-electron chi connectivity index (χ0n) is 11.4. The number of nitrogens with two attached hydrogens (primary N) is 1. The van der Waals surface area contributed by atoms with Gasteiger partial charge >= 0.3 is 0 Å². The van der Waals surface area contributed by atoms with E-state index in [1.54, 1.807) is 36.0 Å². The molecule has 0 unspecified atom stereocenters. The normalized spacial score (nSPS) is 10.2. The van der Waals surface area contributed by atoms with Crippen molar-refractivity contribution in [1.82, 2.24) is 0 Å². The van der Waals surface area contributed by atoms with Gasteiger partial charge in [0.2, 0.25) is 5.91 Å². The highest BCUT2D eigenvalue weighted by Crippen LogP contribution is 2.20. The molecule has 0 bridgehead atoms. The number of hydrogen-bond donors (Lipinski definition) is 2. The average molecular weight is 286 g/mol. The van der Waals surface area contributed by atoms with Crippen molar-refractivity contribution >= 4 is 29.0 Å². The second-order valence-corrected chi connectivity index (χ2v) is 5.75. The number of nitrogen functional groups attached to an aromatic ring is 1. The van der Waals surface area contributed by atoms with Crippen LogP contribution in [0.3, 0.4) is 0 Å². The molecule has 2 aromatic rings. The van der Waals surface area contributed by atoms with E-state index in [0.717, 1.165) is 11.4 Å². The van der Waals surface area contributed by atoms with Gasteiger partial charge < -0.3 is 11.1 Å². The Morgan fingerprint density at radius 1 is 1.20 bits per heavy atom. The predicted octanol–water partition coefficient (Wildman–Crippen LogP) is 3.70. The van der Waals surface area contributed by atoms with E-state index >= 15 is 0 Å². The number of benzene rings is 2. The van der Waals surface area contributed by atoms with E-state index < -0.39 is 0 Å². The first kappa shape index (κ1) is 14.5. The molecule has 20 heavy (non-hydrogen) atoms. The van der Waals surface area contributed by atoms with Crippen LogP contribution in [0.4, 0.5) is 11.4 Å². The summed E-state index contributed by atoms with van der Waals surface area (Å²) in [7, 11) is 0. The molecule has 2 aromatic carbocycles. The zero-order valence-corrected chi connectivity index (χ0v) is 12.2. The van der Waals surface area contributed by atoms with Gasteiger partial charge in [0.15, 0.2) is 0 Å². The SMILES string of the molecule is Cc1cccc(SCCC(=O)Nc2ccc(N)cc2)c1. The molecule has 3 N–H and O–H groups in total. The summed E-state index contributed by atoms with van der Waals surface area (Å²) in [5, 5.41) is 2.86. The van der Waals surface area contributed by atoms with Gasteiger partial charge in [0, 0.05) is 28.4 Å². The highest BCUT2D eigenvalue weighted by Gasteiger charge is 2.03. The van der Waals surface area contributed by atoms with Crippen LogP contribution in [0.25, 0.3) is 0 Å². The van der Waals surface area contributed by atoms with Crippen LogP contribution >= 0.6 is 11.8 Å². The molecule has 0 fully saturated rings. The lowest BCUT2D eigenvalue weighted by Crippen LogP contribution is -2.12. The van der Waals surface area contributed by atoms with E-state index in [2.05, 4.69) is 30.4 Å². The van der Waals surface area contributed by atoms with Crippen LogP contribution in [-0.2, 0) is 4.79 Å².